The number of hydrogen-bond donors (Lipinski definition) is 1. The smallest absolute Gasteiger partial charge is 0.226 e. The summed E-state index contributed by atoms with van der Waals surface area (Å²) in [6.45, 7) is 6.85. The lowest BCUT2D eigenvalue weighted by Crippen LogP contribution is -2.26. The van der Waals surface area contributed by atoms with E-state index >= 15 is 0 Å². The van der Waals surface area contributed by atoms with E-state index in [0.717, 1.165) is 17.8 Å². The van der Waals surface area contributed by atoms with Crippen LogP contribution in [-0.2, 0) is 4.74 Å². The van der Waals surface area contributed by atoms with Crippen LogP contribution in [0.3, 0.4) is 0 Å². The molecule has 1 aliphatic rings. The summed E-state index contributed by atoms with van der Waals surface area (Å²) in [4.78, 5) is 8.80. The van der Waals surface area contributed by atoms with Crippen LogP contribution < -0.4 is 10.1 Å². The van der Waals surface area contributed by atoms with Gasteiger partial charge in [0.25, 0.3) is 0 Å². The van der Waals surface area contributed by atoms with Crippen molar-refractivity contribution in [3.63, 3.8) is 0 Å². The highest BCUT2D eigenvalue weighted by atomic mass is 16.5. The molecule has 0 bridgehead atoms. The number of hydrogen-bond acceptors (Lipinski definition) is 6. The van der Waals surface area contributed by atoms with Crippen LogP contribution in [0.1, 0.15) is 43.8 Å². The van der Waals surface area contributed by atoms with Crippen molar-refractivity contribution in [3.05, 3.63) is 29.7 Å². The van der Waals surface area contributed by atoms with Gasteiger partial charge >= 0.3 is 0 Å². The summed E-state index contributed by atoms with van der Waals surface area (Å²) < 4.78 is 13.2. The van der Waals surface area contributed by atoms with Gasteiger partial charge in [0, 0.05) is 30.6 Å². The Hall–Kier alpha value is -2.15. The zero-order chi connectivity index (χ0) is 16.4. The predicted molar refractivity (Wildman–Crippen MR) is 86.7 cm³/mol. The van der Waals surface area contributed by atoms with E-state index in [4.69, 9.17) is 9.47 Å². The maximum Gasteiger partial charge on any atom is 0.226 e. The minimum absolute atomic E-state index is 0.0602. The maximum atomic E-state index is 5.95. The lowest BCUT2D eigenvalue weighted by Gasteiger charge is -2.22. The summed E-state index contributed by atoms with van der Waals surface area (Å²) in [5, 5.41) is 7.79. The van der Waals surface area contributed by atoms with E-state index in [0.29, 0.717) is 24.5 Å². The van der Waals surface area contributed by atoms with Crippen LogP contribution in [0.2, 0.25) is 0 Å². The Morgan fingerprint density at radius 2 is 2.22 bits per heavy atom. The van der Waals surface area contributed by atoms with E-state index in [1.54, 1.807) is 7.11 Å². The highest BCUT2D eigenvalue weighted by Crippen LogP contribution is 2.32. The fourth-order valence-corrected chi connectivity index (χ4v) is 2.88. The van der Waals surface area contributed by atoms with Crippen molar-refractivity contribution >= 4 is 5.95 Å². The molecular weight excluding hydrogens is 294 g/mol. The van der Waals surface area contributed by atoms with Gasteiger partial charge < -0.3 is 14.8 Å². The summed E-state index contributed by atoms with van der Waals surface area (Å²) in [6.07, 6.45) is 2.66. The lowest BCUT2D eigenvalue weighted by molar-refractivity contribution is 0.0987. The monoisotopic (exact) mass is 317 g/mol. The first-order valence-electron chi connectivity index (χ1n) is 7.89. The fraction of sp³-hybridized carbons (Fsp3) is 0.562. The molecule has 0 unspecified atom stereocenters. The minimum Gasteiger partial charge on any atom is -0.481 e. The molecule has 0 saturated carbocycles. The highest BCUT2D eigenvalue weighted by molar-refractivity contribution is 5.33. The second-order valence-electron chi connectivity index (χ2n) is 6.00. The van der Waals surface area contributed by atoms with E-state index in [1.807, 2.05) is 29.9 Å². The van der Waals surface area contributed by atoms with Gasteiger partial charge in [-0.1, -0.05) is 0 Å². The van der Waals surface area contributed by atoms with E-state index in [-0.39, 0.29) is 12.1 Å². The Labute approximate surface area is 136 Å². The van der Waals surface area contributed by atoms with Crippen LogP contribution in [0.4, 0.5) is 5.95 Å². The van der Waals surface area contributed by atoms with Crippen molar-refractivity contribution in [1.29, 1.82) is 0 Å². The fourth-order valence-electron chi connectivity index (χ4n) is 2.88. The number of aryl methyl sites for hydroxylation is 1. The molecule has 1 N–H and O–H groups in total. The predicted octanol–water partition coefficient (Wildman–Crippen LogP) is 2.51. The molecule has 7 heteroatoms. The molecule has 0 spiro atoms. The van der Waals surface area contributed by atoms with Crippen molar-refractivity contribution in [1.82, 2.24) is 19.7 Å². The van der Waals surface area contributed by atoms with E-state index in [9.17, 15) is 0 Å². The van der Waals surface area contributed by atoms with Gasteiger partial charge in [-0.05, 0) is 33.3 Å². The van der Waals surface area contributed by atoms with Crippen molar-refractivity contribution in [2.75, 3.05) is 19.0 Å². The average molecular weight is 317 g/mol. The largest absolute Gasteiger partial charge is 0.481 e. The summed E-state index contributed by atoms with van der Waals surface area (Å²) in [5.41, 5.74) is 1.94. The molecule has 23 heavy (non-hydrogen) atoms. The van der Waals surface area contributed by atoms with E-state index in [2.05, 4.69) is 34.2 Å². The number of methoxy groups -OCH3 is 1. The lowest BCUT2D eigenvalue weighted by atomic mass is 10.1. The summed E-state index contributed by atoms with van der Waals surface area (Å²) >= 11 is 0. The molecule has 1 aliphatic heterocycles. The standard InChI is InChI=1S/C16H23N5O2/c1-10(2)21-13(5-7-17-21)15-12(6-8-23-15)19-16-18-11(3)9-14(20-16)22-4/h5,7,9-10,12,15H,6,8H2,1-4H3,(H,18,19,20)/t12-,15-/m0/s1. The summed E-state index contributed by atoms with van der Waals surface area (Å²) in [6, 6.07) is 4.22. The Kier molecular flexibility index (Phi) is 4.47. The van der Waals surface area contributed by atoms with Crippen molar-refractivity contribution in [2.45, 2.75) is 45.4 Å². The third kappa shape index (κ3) is 3.29. The number of aromatic nitrogens is 4. The van der Waals surface area contributed by atoms with Crippen LogP contribution in [-0.4, -0.2) is 39.5 Å². The maximum absolute atomic E-state index is 5.95. The minimum atomic E-state index is -0.0602. The van der Waals surface area contributed by atoms with Crippen molar-refractivity contribution in [2.24, 2.45) is 0 Å². The molecule has 7 nitrogen and oxygen atoms in total. The summed E-state index contributed by atoms with van der Waals surface area (Å²) in [5.74, 6) is 1.13. The second-order valence-corrected chi connectivity index (χ2v) is 6.00. The Morgan fingerprint density at radius 3 is 2.96 bits per heavy atom. The zero-order valence-electron chi connectivity index (χ0n) is 14.0. The van der Waals surface area contributed by atoms with Gasteiger partial charge in [0.1, 0.15) is 6.10 Å². The molecule has 2 aromatic rings. The quantitative estimate of drug-likeness (QED) is 0.913. The van der Waals surface area contributed by atoms with Gasteiger partial charge in [-0.15, -0.1) is 0 Å². The second kappa shape index (κ2) is 6.54. The molecular formula is C16H23N5O2. The van der Waals surface area contributed by atoms with Gasteiger partial charge in [0.05, 0.1) is 18.8 Å². The van der Waals surface area contributed by atoms with Gasteiger partial charge in [-0.25, -0.2) is 4.98 Å². The van der Waals surface area contributed by atoms with Crippen LogP contribution >= 0.6 is 0 Å². The molecule has 2 atom stereocenters. The highest BCUT2D eigenvalue weighted by Gasteiger charge is 2.33. The molecule has 1 fully saturated rings. The summed E-state index contributed by atoms with van der Waals surface area (Å²) in [7, 11) is 1.61. The van der Waals surface area contributed by atoms with Crippen LogP contribution in [0.15, 0.2) is 18.3 Å². The molecule has 0 aliphatic carbocycles. The normalized spacial score (nSPS) is 20.9. The van der Waals surface area contributed by atoms with Crippen LogP contribution in [0.25, 0.3) is 0 Å². The van der Waals surface area contributed by atoms with Crippen LogP contribution in [0, 0.1) is 6.92 Å². The van der Waals surface area contributed by atoms with Gasteiger partial charge in [-0.2, -0.15) is 10.1 Å². The SMILES string of the molecule is COc1cc(C)nc(N[C@H]2CCO[C@@H]2c2ccnn2C(C)C)n1. The van der Waals surface area contributed by atoms with E-state index in [1.165, 1.54) is 0 Å². The Morgan fingerprint density at radius 1 is 1.39 bits per heavy atom. The molecule has 0 aromatic carbocycles. The average Bonchev–Trinajstić information content (AvgIpc) is 3.14. The van der Waals surface area contributed by atoms with Gasteiger partial charge in [0.2, 0.25) is 11.8 Å². The van der Waals surface area contributed by atoms with E-state index < -0.39 is 0 Å². The molecule has 0 radical (unpaired) electrons. The topological polar surface area (TPSA) is 74.1 Å². The molecule has 124 valence electrons. The van der Waals surface area contributed by atoms with Crippen LogP contribution in [0.5, 0.6) is 5.88 Å². The number of rotatable bonds is 5. The number of anilines is 1. The first kappa shape index (κ1) is 15.7. The molecule has 3 heterocycles. The first-order chi connectivity index (χ1) is 11.1. The Balaban J connectivity index is 1.82. The molecule has 2 aromatic heterocycles. The first-order valence-corrected chi connectivity index (χ1v) is 7.89. The third-order valence-electron chi connectivity index (χ3n) is 3.93. The van der Waals surface area contributed by atoms with Gasteiger partial charge in [0.15, 0.2) is 0 Å². The third-order valence-corrected chi connectivity index (χ3v) is 3.93. The van der Waals surface area contributed by atoms with Gasteiger partial charge in [-0.3, -0.25) is 4.68 Å². The van der Waals surface area contributed by atoms with Crippen molar-refractivity contribution < 1.29 is 9.47 Å². The number of nitrogens with one attached hydrogen (secondary N) is 1. The molecule has 0 amide bonds. The molecule has 1 saturated heterocycles. The Bertz CT molecular complexity index is 670. The van der Waals surface area contributed by atoms with Crippen molar-refractivity contribution in [3.8, 4) is 5.88 Å². The number of nitrogens with zero attached hydrogens (tertiary/aromatic N) is 4. The zero-order valence-corrected chi connectivity index (χ0v) is 14.0. The number of ether oxygens (including phenoxy) is 2. The molecule has 3 rings (SSSR count).